The predicted octanol–water partition coefficient (Wildman–Crippen LogP) is 6.95. The van der Waals surface area contributed by atoms with Crippen LogP contribution in [0.25, 0.3) is 0 Å². The molecule has 40 heavy (non-hydrogen) atoms. The summed E-state index contributed by atoms with van der Waals surface area (Å²) in [7, 11) is 0. The Labute approximate surface area is 247 Å². The van der Waals surface area contributed by atoms with Gasteiger partial charge in [0.05, 0.1) is 6.54 Å². The zero-order valence-corrected chi connectivity index (χ0v) is 25.7. The average Bonchev–Trinajstić information content (AvgIpc) is 3.40. The number of hydrogen-bond donors (Lipinski definition) is 1. The van der Waals surface area contributed by atoms with Crippen molar-refractivity contribution in [3.63, 3.8) is 0 Å². The van der Waals surface area contributed by atoms with Crippen LogP contribution in [0.5, 0.6) is 0 Å². The van der Waals surface area contributed by atoms with Gasteiger partial charge >= 0.3 is 6.03 Å². The molecule has 0 saturated heterocycles. The lowest BCUT2D eigenvalue weighted by atomic mass is 10.1. The molecule has 0 saturated carbocycles. The Morgan fingerprint density at radius 1 is 0.925 bits per heavy atom. The number of aryl methyl sites for hydroxylation is 1. The molecule has 1 heterocycles. The lowest BCUT2D eigenvalue weighted by molar-refractivity contribution is -0.132. The monoisotopic (exact) mass is 610 g/mol. The minimum Gasteiger partial charge on any atom is -0.382 e. The standard InChI is InChI=1S/C32H43BrN4O3/c1-4-7-19-36(24-29-13-10-20-35(29)23-26-15-17-28(33)18-16-26)31(38)25-37(21-11-22-40-6-3)32(39)34-30-14-9-8-12-27(30)5-2/h8-10,12-18,20H,4-7,11,19,21-25H2,1-3H3,(H,34,39). The third kappa shape index (κ3) is 9.82. The number of hydrogen-bond acceptors (Lipinski definition) is 3. The fourth-order valence-corrected chi connectivity index (χ4v) is 4.80. The molecular weight excluding hydrogens is 568 g/mol. The minimum atomic E-state index is -0.264. The molecule has 0 fully saturated rings. The summed E-state index contributed by atoms with van der Waals surface area (Å²) >= 11 is 3.50. The summed E-state index contributed by atoms with van der Waals surface area (Å²) in [6.07, 6.45) is 5.41. The quantitative estimate of drug-likeness (QED) is 0.178. The van der Waals surface area contributed by atoms with Crippen molar-refractivity contribution in [3.05, 3.63) is 88.2 Å². The minimum absolute atomic E-state index is 0.0172. The van der Waals surface area contributed by atoms with Crippen molar-refractivity contribution in [2.45, 2.75) is 59.5 Å². The second-order valence-electron chi connectivity index (χ2n) is 9.84. The van der Waals surface area contributed by atoms with E-state index in [1.807, 2.05) is 54.3 Å². The van der Waals surface area contributed by atoms with E-state index >= 15 is 0 Å². The Kier molecular flexibility index (Phi) is 13.3. The highest BCUT2D eigenvalue weighted by molar-refractivity contribution is 9.10. The maximum atomic E-state index is 13.7. The number of ether oxygens (including phenoxy) is 1. The molecule has 1 aromatic heterocycles. The van der Waals surface area contributed by atoms with Crippen LogP contribution >= 0.6 is 15.9 Å². The van der Waals surface area contributed by atoms with E-state index in [2.05, 4.69) is 64.1 Å². The topological polar surface area (TPSA) is 66.8 Å². The highest BCUT2D eigenvalue weighted by Gasteiger charge is 2.22. The zero-order valence-electron chi connectivity index (χ0n) is 24.1. The van der Waals surface area contributed by atoms with Crippen LogP contribution in [0.15, 0.2) is 71.3 Å². The number of anilines is 1. The number of nitrogens with one attached hydrogen (secondary N) is 1. The maximum Gasteiger partial charge on any atom is 0.322 e. The number of nitrogens with zero attached hydrogens (tertiary/aromatic N) is 3. The smallest absolute Gasteiger partial charge is 0.322 e. The van der Waals surface area contributed by atoms with Gasteiger partial charge in [0.25, 0.3) is 0 Å². The highest BCUT2D eigenvalue weighted by atomic mass is 79.9. The van der Waals surface area contributed by atoms with E-state index in [0.717, 1.165) is 47.2 Å². The van der Waals surface area contributed by atoms with Crippen LogP contribution in [-0.2, 0) is 29.0 Å². The molecule has 0 aliphatic carbocycles. The molecule has 3 amide bonds. The summed E-state index contributed by atoms with van der Waals surface area (Å²) in [4.78, 5) is 30.6. The molecule has 0 aliphatic rings. The van der Waals surface area contributed by atoms with Crippen LogP contribution in [0.3, 0.4) is 0 Å². The highest BCUT2D eigenvalue weighted by Crippen LogP contribution is 2.17. The second kappa shape index (κ2) is 16.9. The molecule has 0 aliphatic heterocycles. The van der Waals surface area contributed by atoms with E-state index in [4.69, 9.17) is 4.74 Å². The fourth-order valence-electron chi connectivity index (χ4n) is 4.53. The van der Waals surface area contributed by atoms with Gasteiger partial charge in [-0.05, 0) is 67.6 Å². The van der Waals surface area contributed by atoms with Gasteiger partial charge in [-0.3, -0.25) is 4.79 Å². The number of carbonyl (C=O) groups is 2. The van der Waals surface area contributed by atoms with Gasteiger partial charge in [0.2, 0.25) is 5.91 Å². The molecule has 0 spiro atoms. The third-order valence-corrected chi connectivity index (χ3v) is 7.38. The Balaban J connectivity index is 1.74. The van der Waals surface area contributed by atoms with E-state index in [-0.39, 0.29) is 18.5 Å². The van der Waals surface area contributed by atoms with Gasteiger partial charge in [0.15, 0.2) is 0 Å². The van der Waals surface area contributed by atoms with Gasteiger partial charge in [0, 0.05) is 54.9 Å². The van der Waals surface area contributed by atoms with Crippen molar-refractivity contribution in [1.82, 2.24) is 14.4 Å². The van der Waals surface area contributed by atoms with Gasteiger partial charge in [-0.15, -0.1) is 0 Å². The predicted molar refractivity (Wildman–Crippen MR) is 166 cm³/mol. The Bertz CT molecular complexity index is 1190. The Morgan fingerprint density at radius 2 is 1.68 bits per heavy atom. The molecule has 3 rings (SSSR count). The molecule has 1 N–H and O–H groups in total. The van der Waals surface area contributed by atoms with E-state index < -0.39 is 0 Å². The normalized spacial score (nSPS) is 10.9. The first-order valence-corrected chi connectivity index (χ1v) is 15.1. The number of carbonyl (C=O) groups excluding carboxylic acids is 2. The van der Waals surface area contributed by atoms with Crippen LogP contribution in [0, 0.1) is 0 Å². The summed E-state index contributed by atoms with van der Waals surface area (Å²) in [6, 6.07) is 19.9. The number of aromatic nitrogens is 1. The summed E-state index contributed by atoms with van der Waals surface area (Å²) in [5, 5.41) is 3.04. The van der Waals surface area contributed by atoms with Gasteiger partial charge in [-0.2, -0.15) is 0 Å². The first kappa shape index (κ1) is 31.4. The molecule has 7 nitrogen and oxygen atoms in total. The van der Waals surface area contributed by atoms with Gasteiger partial charge in [0.1, 0.15) is 6.54 Å². The van der Waals surface area contributed by atoms with E-state index in [0.29, 0.717) is 39.3 Å². The lowest BCUT2D eigenvalue weighted by Crippen LogP contribution is -2.45. The lowest BCUT2D eigenvalue weighted by Gasteiger charge is -2.28. The molecule has 0 bridgehead atoms. The molecule has 0 radical (unpaired) electrons. The van der Waals surface area contributed by atoms with Crippen molar-refractivity contribution < 1.29 is 14.3 Å². The number of benzene rings is 2. The molecule has 8 heteroatoms. The number of urea groups is 1. The summed E-state index contributed by atoms with van der Waals surface area (Å²) in [5.41, 5.74) is 4.10. The van der Waals surface area contributed by atoms with Crippen molar-refractivity contribution in [3.8, 4) is 0 Å². The number of halogens is 1. The number of unbranched alkanes of at least 4 members (excludes halogenated alkanes) is 1. The molecule has 3 aromatic rings. The van der Waals surface area contributed by atoms with Crippen LogP contribution in [0.4, 0.5) is 10.5 Å². The van der Waals surface area contributed by atoms with Gasteiger partial charge < -0.3 is 24.4 Å². The number of amides is 3. The Hall–Kier alpha value is -3.10. The second-order valence-corrected chi connectivity index (χ2v) is 10.8. The van der Waals surface area contributed by atoms with Crippen LogP contribution in [0.2, 0.25) is 0 Å². The molecule has 216 valence electrons. The summed E-state index contributed by atoms with van der Waals surface area (Å²) in [6.45, 7) is 9.63. The fraction of sp³-hybridized carbons (Fsp3) is 0.438. The van der Waals surface area contributed by atoms with E-state index in [1.54, 1.807) is 4.90 Å². The zero-order chi connectivity index (χ0) is 28.7. The van der Waals surface area contributed by atoms with Crippen LogP contribution in [0.1, 0.15) is 56.9 Å². The molecular formula is C32H43BrN4O3. The SMILES string of the molecule is CCCCN(Cc1cccn1Cc1ccc(Br)cc1)C(=O)CN(CCCOCC)C(=O)Nc1ccccc1CC. The van der Waals surface area contributed by atoms with E-state index in [1.165, 1.54) is 5.56 Å². The van der Waals surface area contributed by atoms with Crippen molar-refractivity contribution in [2.24, 2.45) is 0 Å². The third-order valence-electron chi connectivity index (χ3n) is 6.85. The molecule has 0 atom stereocenters. The van der Waals surface area contributed by atoms with Gasteiger partial charge in [-0.25, -0.2) is 4.79 Å². The van der Waals surface area contributed by atoms with Crippen molar-refractivity contribution in [2.75, 3.05) is 38.2 Å². The van der Waals surface area contributed by atoms with Crippen molar-refractivity contribution in [1.29, 1.82) is 0 Å². The largest absolute Gasteiger partial charge is 0.382 e. The maximum absolute atomic E-state index is 13.7. The van der Waals surface area contributed by atoms with E-state index in [9.17, 15) is 9.59 Å². The Morgan fingerprint density at radius 3 is 2.40 bits per heavy atom. The number of para-hydroxylation sites is 1. The average molecular weight is 612 g/mol. The van der Waals surface area contributed by atoms with Crippen LogP contribution in [-0.4, -0.2) is 59.2 Å². The summed E-state index contributed by atoms with van der Waals surface area (Å²) in [5.74, 6) is -0.0554. The molecule has 0 unspecified atom stereocenters. The van der Waals surface area contributed by atoms with Crippen LogP contribution < -0.4 is 5.32 Å². The molecule has 2 aromatic carbocycles. The first-order chi connectivity index (χ1) is 19.4. The first-order valence-electron chi connectivity index (χ1n) is 14.3. The number of rotatable bonds is 16. The van der Waals surface area contributed by atoms with Gasteiger partial charge in [-0.1, -0.05) is 66.5 Å². The van der Waals surface area contributed by atoms with Crippen molar-refractivity contribution >= 4 is 33.6 Å². The summed E-state index contributed by atoms with van der Waals surface area (Å²) < 4.78 is 8.74.